The van der Waals surface area contributed by atoms with Crippen LogP contribution in [-0.4, -0.2) is 26.9 Å². The molecule has 0 spiro atoms. The third kappa shape index (κ3) is 4.24. The van der Waals surface area contributed by atoms with E-state index in [4.69, 9.17) is 0 Å². The largest absolute Gasteiger partial charge is 0.352 e. The van der Waals surface area contributed by atoms with Crippen LogP contribution < -0.4 is 9.62 Å². The van der Waals surface area contributed by atoms with Crippen LogP contribution in [0.3, 0.4) is 0 Å². The lowest BCUT2D eigenvalue weighted by atomic mass is 9.95. The van der Waals surface area contributed by atoms with Crippen molar-refractivity contribution in [2.45, 2.75) is 56.4 Å². The van der Waals surface area contributed by atoms with Crippen LogP contribution in [0.5, 0.6) is 0 Å². The number of hydrogen-bond acceptors (Lipinski definition) is 3. The van der Waals surface area contributed by atoms with Gasteiger partial charge in [-0.25, -0.2) is 8.42 Å². The number of anilines is 1. The Morgan fingerprint density at radius 1 is 1.03 bits per heavy atom. The number of hydrogen-bond donors (Lipinski definition) is 1. The van der Waals surface area contributed by atoms with Gasteiger partial charge in [-0.15, -0.1) is 0 Å². The third-order valence-electron chi connectivity index (χ3n) is 6.55. The summed E-state index contributed by atoms with van der Waals surface area (Å²) in [6.07, 6.45) is 4.63. The van der Waals surface area contributed by atoms with Gasteiger partial charge in [0, 0.05) is 6.04 Å². The zero-order valence-corrected chi connectivity index (χ0v) is 18.4. The van der Waals surface area contributed by atoms with Crippen molar-refractivity contribution in [2.75, 3.05) is 10.8 Å². The van der Waals surface area contributed by atoms with Crippen LogP contribution >= 0.6 is 0 Å². The number of amides is 1. The summed E-state index contributed by atoms with van der Waals surface area (Å²) in [6.45, 7) is 3.97. The summed E-state index contributed by atoms with van der Waals surface area (Å²) in [6, 6.07) is 15.9. The Labute approximate surface area is 179 Å². The van der Waals surface area contributed by atoms with Crippen molar-refractivity contribution in [3.63, 3.8) is 0 Å². The molecule has 30 heavy (non-hydrogen) atoms. The highest BCUT2D eigenvalue weighted by Crippen LogP contribution is 2.44. The average molecular weight is 427 g/mol. The molecular weight excluding hydrogens is 396 g/mol. The Hall–Kier alpha value is -2.34. The molecule has 0 radical (unpaired) electrons. The quantitative estimate of drug-likeness (QED) is 0.717. The molecule has 6 heteroatoms. The van der Waals surface area contributed by atoms with E-state index in [0.717, 1.165) is 18.4 Å². The van der Waals surface area contributed by atoms with Crippen molar-refractivity contribution in [3.8, 4) is 0 Å². The van der Waals surface area contributed by atoms with Gasteiger partial charge >= 0.3 is 0 Å². The second-order valence-corrected chi connectivity index (χ2v) is 10.8. The first-order valence-corrected chi connectivity index (χ1v) is 12.3. The summed E-state index contributed by atoms with van der Waals surface area (Å²) in [5, 5.41) is 3.12. The Kier molecular flexibility index (Phi) is 5.87. The molecule has 0 saturated heterocycles. The van der Waals surface area contributed by atoms with Gasteiger partial charge in [-0.05, 0) is 66.8 Å². The van der Waals surface area contributed by atoms with Crippen LogP contribution in [0.1, 0.15) is 51.0 Å². The van der Waals surface area contributed by atoms with Crippen molar-refractivity contribution >= 4 is 21.6 Å². The van der Waals surface area contributed by atoms with E-state index in [1.54, 1.807) is 42.5 Å². The van der Waals surface area contributed by atoms with Crippen molar-refractivity contribution in [1.82, 2.24) is 5.32 Å². The zero-order valence-electron chi connectivity index (χ0n) is 17.6. The molecule has 2 bridgehead atoms. The lowest BCUT2D eigenvalue weighted by Crippen LogP contribution is -2.46. The second kappa shape index (κ2) is 8.42. The predicted octanol–water partition coefficient (Wildman–Crippen LogP) is 4.31. The molecule has 2 aliphatic rings. The number of fused-ring (bicyclic) bond motifs is 2. The normalized spacial score (nSPS) is 23.0. The van der Waals surface area contributed by atoms with Gasteiger partial charge in [0.05, 0.1) is 10.6 Å². The Bertz CT molecular complexity index is 987. The van der Waals surface area contributed by atoms with E-state index in [9.17, 15) is 13.2 Å². The zero-order chi connectivity index (χ0) is 21.3. The SMILES string of the molecule is CC(C)c1ccc(N(CC(=O)N[C@H]2C[C@H]3CC[C@H]2C3)S(=O)(=O)c2ccccc2)cc1. The van der Waals surface area contributed by atoms with Crippen LogP contribution in [0.15, 0.2) is 59.5 Å². The summed E-state index contributed by atoms with van der Waals surface area (Å²) in [4.78, 5) is 13.1. The topological polar surface area (TPSA) is 66.5 Å². The fourth-order valence-electron chi connectivity index (χ4n) is 4.86. The predicted molar refractivity (Wildman–Crippen MR) is 119 cm³/mol. The molecule has 0 heterocycles. The van der Waals surface area contributed by atoms with Crippen LogP contribution in [0.2, 0.25) is 0 Å². The number of benzene rings is 2. The van der Waals surface area contributed by atoms with E-state index >= 15 is 0 Å². The van der Waals surface area contributed by atoms with Crippen molar-refractivity contribution < 1.29 is 13.2 Å². The van der Waals surface area contributed by atoms with E-state index in [-0.39, 0.29) is 23.4 Å². The van der Waals surface area contributed by atoms with Gasteiger partial charge in [0.25, 0.3) is 10.0 Å². The van der Waals surface area contributed by atoms with Crippen molar-refractivity contribution in [3.05, 3.63) is 60.2 Å². The molecular formula is C24H30N2O3S. The van der Waals surface area contributed by atoms with Crippen LogP contribution in [0, 0.1) is 11.8 Å². The molecule has 0 aliphatic heterocycles. The molecule has 2 saturated carbocycles. The number of rotatable bonds is 7. The van der Waals surface area contributed by atoms with Gasteiger partial charge in [-0.2, -0.15) is 0 Å². The monoisotopic (exact) mass is 426 g/mol. The first kappa shape index (κ1) is 20.9. The van der Waals surface area contributed by atoms with Gasteiger partial charge < -0.3 is 5.32 Å². The Morgan fingerprint density at radius 2 is 1.73 bits per heavy atom. The number of nitrogens with zero attached hydrogens (tertiary/aromatic N) is 1. The smallest absolute Gasteiger partial charge is 0.264 e. The summed E-state index contributed by atoms with van der Waals surface area (Å²) >= 11 is 0. The number of sulfonamides is 1. The van der Waals surface area contributed by atoms with E-state index in [0.29, 0.717) is 23.4 Å². The summed E-state index contributed by atoms with van der Waals surface area (Å²) in [7, 11) is -3.85. The Balaban J connectivity index is 1.59. The maximum atomic E-state index is 13.4. The summed E-state index contributed by atoms with van der Waals surface area (Å²) in [5.41, 5.74) is 1.63. The molecule has 160 valence electrons. The van der Waals surface area contributed by atoms with E-state index in [1.165, 1.54) is 17.1 Å². The highest BCUT2D eigenvalue weighted by molar-refractivity contribution is 7.92. The van der Waals surface area contributed by atoms with Gasteiger partial charge in [0.1, 0.15) is 6.54 Å². The number of carbonyl (C=O) groups excluding carboxylic acids is 1. The number of nitrogens with one attached hydrogen (secondary N) is 1. The van der Waals surface area contributed by atoms with Gasteiger partial charge in [0.15, 0.2) is 0 Å². The lowest BCUT2D eigenvalue weighted by Gasteiger charge is -2.27. The lowest BCUT2D eigenvalue weighted by molar-refractivity contribution is -0.120. The molecule has 1 amide bonds. The van der Waals surface area contributed by atoms with Crippen molar-refractivity contribution in [2.24, 2.45) is 11.8 Å². The maximum Gasteiger partial charge on any atom is 0.264 e. The first-order valence-electron chi connectivity index (χ1n) is 10.8. The highest BCUT2D eigenvalue weighted by atomic mass is 32.2. The molecule has 1 N–H and O–H groups in total. The van der Waals surface area contributed by atoms with E-state index < -0.39 is 10.0 Å². The summed E-state index contributed by atoms with van der Waals surface area (Å²) < 4.78 is 28.0. The first-order chi connectivity index (χ1) is 14.3. The van der Waals surface area contributed by atoms with Crippen LogP contribution in [-0.2, 0) is 14.8 Å². The van der Waals surface area contributed by atoms with Gasteiger partial charge in [-0.3, -0.25) is 9.10 Å². The minimum absolute atomic E-state index is 0.181. The van der Waals surface area contributed by atoms with Crippen molar-refractivity contribution in [1.29, 1.82) is 0 Å². The van der Waals surface area contributed by atoms with E-state index in [2.05, 4.69) is 19.2 Å². The number of carbonyl (C=O) groups is 1. The molecule has 0 unspecified atom stereocenters. The minimum atomic E-state index is -3.85. The fraction of sp³-hybridized carbons (Fsp3) is 0.458. The average Bonchev–Trinajstić information content (AvgIpc) is 3.36. The molecule has 3 atom stereocenters. The summed E-state index contributed by atoms with van der Waals surface area (Å²) in [5.74, 6) is 1.37. The third-order valence-corrected chi connectivity index (χ3v) is 8.34. The molecule has 2 aromatic rings. The standard InChI is InChI=1S/C24H30N2O3S/c1-17(2)19-10-12-21(13-11-19)26(30(28,29)22-6-4-3-5-7-22)16-24(27)25-23-15-18-8-9-20(23)14-18/h3-7,10-13,17-18,20,23H,8-9,14-16H2,1-2H3,(H,25,27)/t18-,20-,23-/m0/s1. The Morgan fingerprint density at radius 3 is 2.30 bits per heavy atom. The molecule has 2 aliphatic carbocycles. The molecule has 4 rings (SSSR count). The molecule has 5 nitrogen and oxygen atoms in total. The van der Waals surface area contributed by atoms with E-state index in [1.807, 2.05) is 12.1 Å². The van der Waals surface area contributed by atoms with Gasteiger partial charge in [0.2, 0.25) is 5.91 Å². The minimum Gasteiger partial charge on any atom is -0.352 e. The molecule has 2 fully saturated rings. The van der Waals surface area contributed by atoms with Gasteiger partial charge in [-0.1, -0.05) is 50.6 Å². The fourth-order valence-corrected chi connectivity index (χ4v) is 6.31. The molecule has 0 aromatic heterocycles. The molecule has 2 aromatic carbocycles. The van der Waals surface area contributed by atoms with Crippen LogP contribution in [0.25, 0.3) is 0 Å². The highest BCUT2D eigenvalue weighted by Gasteiger charge is 2.40. The van der Waals surface area contributed by atoms with Crippen LogP contribution in [0.4, 0.5) is 5.69 Å². The maximum absolute atomic E-state index is 13.4. The second-order valence-electron chi connectivity index (χ2n) is 8.92.